The van der Waals surface area contributed by atoms with Crippen molar-refractivity contribution in [2.75, 3.05) is 5.32 Å². The van der Waals surface area contributed by atoms with E-state index in [9.17, 15) is 4.79 Å². The number of amides is 1. The van der Waals surface area contributed by atoms with E-state index in [1.165, 1.54) is 0 Å². The third-order valence-corrected chi connectivity index (χ3v) is 2.85. The molecule has 0 radical (unpaired) electrons. The fraction of sp³-hybridized carbons (Fsp3) is 0.222. The van der Waals surface area contributed by atoms with E-state index < -0.39 is 0 Å². The van der Waals surface area contributed by atoms with Crippen LogP contribution in [0.2, 0.25) is 0 Å². The van der Waals surface area contributed by atoms with E-state index in [4.69, 9.17) is 0 Å². The number of carbonyl (C=O) groups is 1. The van der Waals surface area contributed by atoms with E-state index in [0.29, 0.717) is 0 Å². The Labute approximate surface area is 99.4 Å². The third-order valence-electron chi connectivity index (χ3n) is 1.49. The predicted molar refractivity (Wildman–Crippen MR) is 66.2 cm³/mol. The average Bonchev–Trinajstić information content (AvgIpc) is 2.08. The molecular weight excluding hydrogens is 345 g/mol. The standard InChI is InChI=1S/C9H9BrINO/c1-6(10)9(13)12-8-5-3-2-4-7(8)11/h2-6H,1H3,(H,12,13). The maximum Gasteiger partial charge on any atom is 0.237 e. The van der Waals surface area contributed by atoms with E-state index in [1.807, 2.05) is 24.3 Å². The fourth-order valence-electron chi connectivity index (χ4n) is 0.795. The number of hydrogen-bond donors (Lipinski definition) is 1. The summed E-state index contributed by atoms with van der Waals surface area (Å²) < 4.78 is 1.04. The van der Waals surface area contributed by atoms with Gasteiger partial charge in [0.15, 0.2) is 0 Å². The maximum absolute atomic E-state index is 11.3. The molecule has 0 saturated heterocycles. The Morgan fingerprint density at radius 2 is 2.15 bits per heavy atom. The van der Waals surface area contributed by atoms with Gasteiger partial charge in [-0.15, -0.1) is 0 Å². The molecule has 13 heavy (non-hydrogen) atoms. The zero-order valence-electron chi connectivity index (χ0n) is 7.05. The van der Waals surface area contributed by atoms with Crippen molar-refractivity contribution in [3.8, 4) is 0 Å². The minimum atomic E-state index is -0.163. The van der Waals surface area contributed by atoms with Gasteiger partial charge in [0.25, 0.3) is 0 Å². The molecule has 2 nitrogen and oxygen atoms in total. The number of anilines is 1. The van der Waals surface area contributed by atoms with E-state index >= 15 is 0 Å². The zero-order valence-corrected chi connectivity index (χ0v) is 10.8. The van der Waals surface area contributed by atoms with Crippen LogP contribution < -0.4 is 5.32 Å². The summed E-state index contributed by atoms with van der Waals surface area (Å²) in [6.45, 7) is 1.80. The van der Waals surface area contributed by atoms with Gasteiger partial charge in [-0.25, -0.2) is 0 Å². The molecule has 0 spiro atoms. The number of rotatable bonds is 2. The van der Waals surface area contributed by atoms with Gasteiger partial charge in [0.2, 0.25) is 5.91 Å². The van der Waals surface area contributed by atoms with Crippen molar-refractivity contribution in [3.05, 3.63) is 27.8 Å². The van der Waals surface area contributed by atoms with Crippen LogP contribution in [0.1, 0.15) is 6.92 Å². The first-order valence-corrected chi connectivity index (χ1v) is 5.80. The number of hydrogen-bond acceptors (Lipinski definition) is 1. The number of carbonyl (C=O) groups excluding carboxylic acids is 1. The smallest absolute Gasteiger partial charge is 0.237 e. The monoisotopic (exact) mass is 353 g/mol. The average molecular weight is 354 g/mol. The molecule has 1 atom stereocenters. The van der Waals surface area contributed by atoms with Gasteiger partial charge < -0.3 is 5.32 Å². The van der Waals surface area contributed by atoms with Crippen LogP contribution in [0.5, 0.6) is 0 Å². The summed E-state index contributed by atoms with van der Waals surface area (Å²) in [7, 11) is 0. The molecule has 0 aliphatic rings. The molecule has 0 aromatic heterocycles. The van der Waals surface area contributed by atoms with Crippen molar-refractivity contribution < 1.29 is 4.79 Å². The number of benzene rings is 1. The van der Waals surface area contributed by atoms with Crippen LogP contribution in [0.25, 0.3) is 0 Å². The van der Waals surface area contributed by atoms with Gasteiger partial charge in [-0.1, -0.05) is 28.1 Å². The molecule has 1 amide bonds. The molecular formula is C9H9BrINO. The van der Waals surface area contributed by atoms with Crippen LogP contribution >= 0.6 is 38.5 Å². The first-order chi connectivity index (χ1) is 6.11. The Balaban J connectivity index is 2.75. The first kappa shape index (κ1) is 11.0. The lowest BCUT2D eigenvalue weighted by molar-refractivity contribution is -0.115. The van der Waals surface area contributed by atoms with Crippen LogP contribution in [0, 0.1) is 3.57 Å². The van der Waals surface area contributed by atoms with E-state index in [0.717, 1.165) is 9.26 Å². The summed E-state index contributed by atoms with van der Waals surface area (Å²) in [5.74, 6) is -0.0240. The van der Waals surface area contributed by atoms with Crippen LogP contribution in [0.15, 0.2) is 24.3 Å². The SMILES string of the molecule is CC(Br)C(=O)Nc1ccccc1I. The molecule has 0 bridgehead atoms. The lowest BCUT2D eigenvalue weighted by atomic mass is 10.3. The van der Waals surface area contributed by atoms with Gasteiger partial charge >= 0.3 is 0 Å². The third kappa shape index (κ3) is 3.27. The quantitative estimate of drug-likeness (QED) is 0.642. The van der Waals surface area contributed by atoms with Crippen molar-refractivity contribution in [3.63, 3.8) is 0 Å². The summed E-state index contributed by atoms with van der Waals surface area (Å²) in [5, 5.41) is 2.82. The van der Waals surface area contributed by atoms with Crippen LogP contribution in [0.3, 0.4) is 0 Å². The van der Waals surface area contributed by atoms with Crippen molar-refractivity contribution >= 4 is 50.1 Å². The molecule has 0 aliphatic carbocycles. The molecule has 70 valence electrons. The molecule has 0 heterocycles. The highest BCUT2D eigenvalue weighted by atomic mass is 127. The molecule has 0 aliphatic heterocycles. The van der Waals surface area contributed by atoms with Crippen molar-refractivity contribution in [2.24, 2.45) is 0 Å². The first-order valence-electron chi connectivity index (χ1n) is 3.80. The van der Waals surface area contributed by atoms with Gasteiger partial charge in [0.1, 0.15) is 0 Å². The topological polar surface area (TPSA) is 29.1 Å². The second-order valence-electron chi connectivity index (χ2n) is 2.59. The van der Waals surface area contributed by atoms with Gasteiger partial charge in [-0.05, 0) is 41.6 Å². The number of alkyl halides is 1. The van der Waals surface area contributed by atoms with Crippen LogP contribution in [-0.4, -0.2) is 10.7 Å². The second-order valence-corrected chi connectivity index (χ2v) is 5.12. The molecule has 1 N–H and O–H groups in total. The molecule has 1 aromatic carbocycles. The predicted octanol–water partition coefficient (Wildman–Crippen LogP) is 3.01. The number of halogens is 2. The van der Waals surface area contributed by atoms with Crippen LogP contribution in [-0.2, 0) is 4.79 Å². The Hall–Kier alpha value is -0.100. The maximum atomic E-state index is 11.3. The second kappa shape index (κ2) is 4.95. The van der Waals surface area contributed by atoms with Gasteiger partial charge in [-0.3, -0.25) is 4.79 Å². The largest absolute Gasteiger partial charge is 0.324 e. The lowest BCUT2D eigenvalue weighted by Crippen LogP contribution is -2.20. The summed E-state index contributed by atoms with van der Waals surface area (Å²) >= 11 is 5.39. The van der Waals surface area contributed by atoms with Crippen LogP contribution in [0.4, 0.5) is 5.69 Å². The van der Waals surface area contributed by atoms with Gasteiger partial charge in [0, 0.05) is 3.57 Å². The number of nitrogens with one attached hydrogen (secondary N) is 1. The Morgan fingerprint density at radius 3 is 2.69 bits per heavy atom. The zero-order chi connectivity index (χ0) is 9.84. The summed E-state index contributed by atoms with van der Waals surface area (Å²) in [6.07, 6.45) is 0. The van der Waals surface area contributed by atoms with Crippen molar-refractivity contribution in [1.82, 2.24) is 0 Å². The Morgan fingerprint density at radius 1 is 1.54 bits per heavy atom. The summed E-state index contributed by atoms with van der Waals surface area (Å²) in [6, 6.07) is 7.68. The summed E-state index contributed by atoms with van der Waals surface area (Å²) in [5.41, 5.74) is 0.861. The molecule has 0 fully saturated rings. The minimum Gasteiger partial charge on any atom is -0.324 e. The molecule has 0 saturated carbocycles. The fourth-order valence-corrected chi connectivity index (χ4v) is 1.43. The minimum absolute atomic E-state index is 0.0240. The Bertz CT molecular complexity index is 314. The summed E-state index contributed by atoms with van der Waals surface area (Å²) in [4.78, 5) is 11.1. The van der Waals surface area contributed by atoms with E-state index in [1.54, 1.807) is 6.92 Å². The Kier molecular flexibility index (Phi) is 4.18. The van der Waals surface area contributed by atoms with Gasteiger partial charge in [-0.2, -0.15) is 0 Å². The van der Waals surface area contributed by atoms with E-state index in [2.05, 4.69) is 43.8 Å². The molecule has 1 rings (SSSR count). The highest BCUT2D eigenvalue weighted by Gasteiger charge is 2.09. The lowest BCUT2D eigenvalue weighted by Gasteiger charge is -2.07. The molecule has 1 aromatic rings. The highest BCUT2D eigenvalue weighted by molar-refractivity contribution is 14.1. The highest BCUT2D eigenvalue weighted by Crippen LogP contribution is 2.17. The molecule has 1 unspecified atom stereocenters. The van der Waals surface area contributed by atoms with Crippen molar-refractivity contribution in [2.45, 2.75) is 11.8 Å². The van der Waals surface area contributed by atoms with Gasteiger partial charge in [0.05, 0.1) is 10.5 Å². The normalized spacial score (nSPS) is 12.2. The number of para-hydroxylation sites is 1. The molecule has 4 heteroatoms. The van der Waals surface area contributed by atoms with E-state index in [-0.39, 0.29) is 10.7 Å². The van der Waals surface area contributed by atoms with Crippen molar-refractivity contribution in [1.29, 1.82) is 0 Å².